The summed E-state index contributed by atoms with van der Waals surface area (Å²) in [4.78, 5) is 0. The Morgan fingerprint density at radius 1 is 0.957 bits per heavy atom. The number of methoxy groups -OCH3 is 1. The lowest BCUT2D eigenvalue weighted by molar-refractivity contribution is -0.712. The number of benzene rings is 2. The van der Waals surface area contributed by atoms with Gasteiger partial charge in [-0.1, -0.05) is 42.5 Å². The van der Waals surface area contributed by atoms with Gasteiger partial charge in [-0.05, 0) is 29.8 Å². The molecule has 3 heteroatoms. The fourth-order valence-electron chi connectivity index (χ4n) is 2.74. The second kappa shape index (κ2) is 7.65. The lowest BCUT2D eigenvalue weighted by Crippen LogP contribution is -2.84. The van der Waals surface area contributed by atoms with Crippen LogP contribution >= 0.6 is 0 Å². The van der Waals surface area contributed by atoms with E-state index in [1.807, 2.05) is 24.3 Å². The summed E-state index contributed by atoms with van der Waals surface area (Å²) in [6.07, 6.45) is 2.69. The molecule has 0 spiro atoms. The van der Waals surface area contributed by atoms with Crippen molar-refractivity contribution in [3.05, 3.63) is 89.9 Å². The monoisotopic (exact) mass is 308 g/mol. The molecule has 0 radical (unpaired) electrons. The minimum Gasteiger partial charge on any atom is -0.497 e. The molecule has 1 atom stereocenters. The van der Waals surface area contributed by atoms with Crippen molar-refractivity contribution in [1.82, 2.24) is 0 Å². The molecule has 23 heavy (non-hydrogen) atoms. The van der Waals surface area contributed by atoms with Crippen LogP contribution in [0.2, 0.25) is 0 Å². The Bertz CT molecular complexity index is 690. The second-order valence-electron chi connectivity index (χ2n) is 5.59. The number of nitrogens with two attached hydrogens (primary N) is 1. The second-order valence-corrected chi connectivity index (χ2v) is 5.59. The lowest BCUT2D eigenvalue weighted by atomic mass is 9.98. The first-order valence-corrected chi connectivity index (χ1v) is 7.89. The van der Waals surface area contributed by atoms with E-state index in [4.69, 9.17) is 9.15 Å². The van der Waals surface area contributed by atoms with E-state index in [0.717, 1.165) is 24.5 Å². The summed E-state index contributed by atoms with van der Waals surface area (Å²) in [5.41, 5.74) is 2.63. The van der Waals surface area contributed by atoms with Gasteiger partial charge in [0.2, 0.25) is 0 Å². The van der Waals surface area contributed by atoms with Gasteiger partial charge in [-0.3, -0.25) is 0 Å². The zero-order chi connectivity index (χ0) is 15.9. The molecule has 1 heterocycles. The van der Waals surface area contributed by atoms with E-state index in [2.05, 4.69) is 47.8 Å². The molecule has 118 valence electrons. The standard InChI is InChI=1S/C20H21NO2/c1-22-18-11-9-16(10-12-18)14-20(17-6-3-2-4-7-17)21-15-19-8-5-13-23-19/h2-13,20-21H,14-15H2,1H3/p+1/t20-/m0/s1. The highest BCUT2D eigenvalue weighted by Crippen LogP contribution is 2.18. The average molecular weight is 308 g/mol. The Morgan fingerprint density at radius 2 is 1.74 bits per heavy atom. The summed E-state index contributed by atoms with van der Waals surface area (Å²) in [6, 6.07) is 23.2. The van der Waals surface area contributed by atoms with Gasteiger partial charge in [-0.15, -0.1) is 0 Å². The molecular weight excluding hydrogens is 286 g/mol. The van der Waals surface area contributed by atoms with Crippen LogP contribution in [0, 0.1) is 0 Å². The van der Waals surface area contributed by atoms with Crippen molar-refractivity contribution < 1.29 is 14.5 Å². The van der Waals surface area contributed by atoms with Crippen LogP contribution in [0.5, 0.6) is 5.75 Å². The molecule has 2 aromatic carbocycles. The van der Waals surface area contributed by atoms with Gasteiger partial charge in [0, 0.05) is 12.0 Å². The Labute approximate surface area is 136 Å². The van der Waals surface area contributed by atoms with Gasteiger partial charge in [-0.25, -0.2) is 0 Å². The summed E-state index contributed by atoms with van der Waals surface area (Å²) in [6.45, 7) is 0.836. The van der Waals surface area contributed by atoms with Crippen molar-refractivity contribution in [1.29, 1.82) is 0 Å². The molecule has 0 bridgehead atoms. The molecule has 3 aromatic rings. The maximum Gasteiger partial charge on any atom is 0.157 e. The fourth-order valence-corrected chi connectivity index (χ4v) is 2.74. The van der Waals surface area contributed by atoms with Crippen LogP contribution < -0.4 is 10.1 Å². The minimum atomic E-state index is 0.356. The minimum absolute atomic E-state index is 0.356. The lowest BCUT2D eigenvalue weighted by Gasteiger charge is -2.16. The number of hydrogen-bond donors (Lipinski definition) is 1. The van der Waals surface area contributed by atoms with E-state index >= 15 is 0 Å². The SMILES string of the molecule is COc1ccc(C[C@H]([NH2+]Cc2ccco2)c2ccccc2)cc1. The highest BCUT2D eigenvalue weighted by Gasteiger charge is 2.16. The topological polar surface area (TPSA) is 39.0 Å². The largest absolute Gasteiger partial charge is 0.497 e. The van der Waals surface area contributed by atoms with Crippen LogP contribution in [-0.4, -0.2) is 7.11 Å². The van der Waals surface area contributed by atoms with E-state index in [9.17, 15) is 0 Å². The van der Waals surface area contributed by atoms with Crippen molar-refractivity contribution in [2.24, 2.45) is 0 Å². The van der Waals surface area contributed by atoms with E-state index in [1.165, 1.54) is 11.1 Å². The summed E-state index contributed by atoms with van der Waals surface area (Å²) < 4.78 is 10.7. The van der Waals surface area contributed by atoms with Crippen molar-refractivity contribution in [3.63, 3.8) is 0 Å². The van der Waals surface area contributed by atoms with Gasteiger partial charge in [-0.2, -0.15) is 0 Å². The van der Waals surface area contributed by atoms with Crippen LogP contribution in [-0.2, 0) is 13.0 Å². The number of hydrogen-bond acceptors (Lipinski definition) is 2. The molecular formula is C20H22NO2+. The Morgan fingerprint density at radius 3 is 2.39 bits per heavy atom. The highest BCUT2D eigenvalue weighted by molar-refractivity contribution is 5.29. The van der Waals surface area contributed by atoms with Crippen molar-refractivity contribution >= 4 is 0 Å². The number of furan rings is 1. The predicted molar refractivity (Wildman–Crippen MR) is 90.2 cm³/mol. The van der Waals surface area contributed by atoms with E-state index in [1.54, 1.807) is 13.4 Å². The zero-order valence-corrected chi connectivity index (χ0v) is 13.3. The number of ether oxygens (including phenoxy) is 1. The Hall–Kier alpha value is -2.52. The third-order valence-electron chi connectivity index (χ3n) is 4.03. The predicted octanol–water partition coefficient (Wildman–Crippen LogP) is 3.34. The highest BCUT2D eigenvalue weighted by atomic mass is 16.5. The third-order valence-corrected chi connectivity index (χ3v) is 4.03. The van der Waals surface area contributed by atoms with Crippen LogP contribution in [0.25, 0.3) is 0 Å². The van der Waals surface area contributed by atoms with Gasteiger partial charge in [0.1, 0.15) is 18.3 Å². The normalized spacial score (nSPS) is 12.0. The Kier molecular flexibility index (Phi) is 5.12. The number of quaternary nitrogens is 1. The van der Waals surface area contributed by atoms with Gasteiger partial charge in [0.05, 0.1) is 13.4 Å². The quantitative estimate of drug-likeness (QED) is 0.727. The maximum atomic E-state index is 5.45. The molecule has 3 nitrogen and oxygen atoms in total. The summed E-state index contributed by atoms with van der Waals surface area (Å²) in [5, 5.41) is 2.33. The molecule has 0 unspecified atom stereocenters. The van der Waals surface area contributed by atoms with Gasteiger partial charge >= 0.3 is 0 Å². The molecule has 0 aliphatic carbocycles. The van der Waals surface area contributed by atoms with Crippen molar-refractivity contribution in [2.45, 2.75) is 19.0 Å². The molecule has 0 saturated heterocycles. The van der Waals surface area contributed by atoms with Gasteiger partial charge < -0.3 is 14.5 Å². The zero-order valence-electron chi connectivity index (χ0n) is 13.3. The molecule has 0 amide bonds. The van der Waals surface area contributed by atoms with Crippen LogP contribution in [0.4, 0.5) is 0 Å². The van der Waals surface area contributed by atoms with E-state index in [-0.39, 0.29) is 0 Å². The van der Waals surface area contributed by atoms with Crippen LogP contribution in [0.1, 0.15) is 22.9 Å². The average Bonchev–Trinajstić information content (AvgIpc) is 3.13. The van der Waals surface area contributed by atoms with Gasteiger partial charge in [0.15, 0.2) is 5.76 Å². The van der Waals surface area contributed by atoms with E-state index in [0.29, 0.717) is 6.04 Å². The smallest absolute Gasteiger partial charge is 0.157 e. The first-order chi connectivity index (χ1) is 11.3. The molecule has 0 saturated carbocycles. The third kappa shape index (κ3) is 4.24. The van der Waals surface area contributed by atoms with Crippen LogP contribution in [0.3, 0.4) is 0 Å². The van der Waals surface area contributed by atoms with Crippen molar-refractivity contribution in [2.75, 3.05) is 7.11 Å². The molecule has 3 rings (SSSR count). The van der Waals surface area contributed by atoms with Crippen LogP contribution in [0.15, 0.2) is 77.4 Å². The van der Waals surface area contributed by atoms with Crippen molar-refractivity contribution in [3.8, 4) is 5.75 Å². The first kappa shape index (κ1) is 15.4. The molecule has 0 aliphatic rings. The fraction of sp³-hybridized carbons (Fsp3) is 0.200. The Balaban J connectivity index is 1.73. The number of rotatable bonds is 7. The molecule has 1 aromatic heterocycles. The molecule has 0 fully saturated rings. The van der Waals surface area contributed by atoms with E-state index < -0.39 is 0 Å². The summed E-state index contributed by atoms with van der Waals surface area (Å²) >= 11 is 0. The molecule has 0 aliphatic heterocycles. The maximum absolute atomic E-state index is 5.45. The summed E-state index contributed by atoms with van der Waals surface area (Å²) in [5.74, 6) is 1.89. The molecule has 2 N–H and O–H groups in total. The van der Waals surface area contributed by atoms with Gasteiger partial charge in [0.25, 0.3) is 0 Å². The first-order valence-electron chi connectivity index (χ1n) is 7.89. The summed E-state index contributed by atoms with van der Waals surface area (Å²) in [7, 11) is 1.69.